The highest BCUT2D eigenvalue weighted by Crippen LogP contribution is 2.29. The van der Waals surface area contributed by atoms with Crippen LogP contribution in [0, 0.1) is 13.8 Å². The molecule has 4 heteroatoms. The van der Waals surface area contributed by atoms with Crippen LogP contribution in [0.25, 0.3) is 16.9 Å². The first-order valence-electron chi connectivity index (χ1n) is 8.71. The number of para-hydroxylation sites is 2. The smallest absolute Gasteiger partial charge is 0.344 e. The van der Waals surface area contributed by atoms with Crippen LogP contribution in [0.15, 0.2) is 84.2 Å². The third-order valence-corrected chi connectivity index (χ3v) is 5.27. The van der Waals surface area contributed by atoms with Crippen LogP contribution < -0.4 is 26.9 Å². The number of aromatic nitrogens is 1. The van der Waals surface area contributed by atoms with Gasteiger partial charge in [-0.05, 0) is 43.7 Å². The molecule has 0 spiro atoms. The quantitative estimate of drug-likeness (QED) is 0.486. The van der Waals surface area contributed by atoms with Gasteiger partial charge >= 0.3 is 5.13 Å². The number of nitrogens with one attached hydrogen (secondary N) is 1. The molecule has 2 nitrogen and oxygen atoms in total. The Bertz CT molecular complexity index is 1030. The normalized spacial score (nSPS) is 10.3. The summed E-state index contributed by atoms with van der Waals surface area (Å²) < 4.78 is 2.30. The molecule has 1 heterocycles. The van der Waals surface area contributed by atoms with E-state index in [0.29, 0.717) is 0 Å². The largest absolute Gasteiger partial charge is 1.00 e. The van der Waals surface area contributed by atoms with Crippen molar-refractivity contribution in [3.63, 3.8) is 0 Å². The summed E-state index contributed by atoms with van der Waals surface area (Å²) in [7, 11) is 0. The number of aryl methyl sites for hydroxylation is 2. The molecule has 4 rings (SSSR count). The summed E-state index contributed by atoms with van der Waals surface area (Å²) in [6.45, 7) is 4.32. The zero-order valence-corrected chi connectivity index (χ0v) is 17.7. The van der Waals surface area contributed by atoms with Crippen LogP contribution in [-0.4, -0.2) is 0 Å². The van der Waals surface area contributed by atoms with E-state index in [1.807, 2.05) is 18.2 Å². The average molecular weight is 437 g/mol. The molecule has 0 fully saturated rings. The van der Waals surface area contributed by atoms with Crippen molar-refractivity contribution in [1.82, 2.24) is 0 Å². The Morgan fingerprint density at radius 2 is 1.48 bits per heavy atom. The van der Waals surface area contributed by atoms with Crippen molar-refractivity contribution in [2.24, 2.45) is 0 Å². The summed E-state index contributed by atoms with van der Waals surface area (Å²) >= 11 is 1.73. The molecule has 1 N–H and O–H groups in total. The fourth-order valence-electron chi connectivity index (χ4n) is 3.18. The summed E-state index contributed by atoms with van der Waals surface area (Å²) in [5.74, 6) is 0. The molecular weight excluding hydrogens is 416 g/mol. The van der Waals surface area contributed by atoms with E-state index in [4.69, 9.17) is 0 Å². The van der Waals surface area contributed by atoms with Crippen LogP contribution in [0.3, 0.4) is 0 Å². The minimum Gasteiger partial charge on any atom is -1.00 e. The second kappa shape index (κ2) is 8.51. The maximum atomic E-state index is 3.57. The molecule has 0 atom stereocenters. The maximum absolute atomic E-state index is 3.57. The Balaban J connectivity index is 0.00000210. The minimum atomic E-state index is 0. The molecule has 0 bridgehead atoms. The van der Waals surface area contributed by atoms with Crippen molar-refractivity contribution in [2.75, 3.05) is 5.32 Å². The van der Waals surface area contributed by atoms with Crippen molar-refractivity contribution < 1.29 is 21.5 Å². The van der Waals surface area contributed by atoms with Gasteiger partial charge < -0.3 is 17.0 Å². The highest BCUT2D eigenvalue weighted by atomic mass is 79.9. The molecule has 136 valence electrons. The van der Waals surface area contributed by atoms with E-state index in [9.17, 15) is 0 Å². The van der Waals surface area contributed by atoms with E-state index in [1.165, 1.54) is 22.4 Å². The highest BCUT2D eigenvalue weighted by molar-refractivity contribution is 7.13. The third kappa shape index (κ3) is 4.12. The Hall–Kier alpha value is -2.43. The number of benzene rings is 3. The molecule has 0 aliphatic heterocycles. The number of hydrogen-bond donors (Lipinski definition) is 1. The molecule has 3 aromatic carbocycles. The van der Waals surface area contributed by atoms with Gasteiger partial charge in [-0.15, -0.1) is 0 Å². The third-order valence-electron chi connectivity index (χ3n) is 4.42. The van der Waals surface area contributed by atoms with Crippen LogP contribution in [0.2, 0.25) is 0 Å². The van der Waals surface area contributed by atoms with Crippen LogP contribution >= 0.6 is 11.3 Å². The van der Waals surface area contributed by atoms with Gasteiger partial charge in [-0.1, -0.05) is 71.5 Å². The molecule has 0 amide bonds. The Morgan fingerprint density at radius 3 is 2.15 bits per heavy atom. The topological polar surface area (TPSA) is 15.9 Å². The van der Waals surface area contributed by atoms with Gasteiger partial charge in [-0.25, -0.2) is 5.32 Å². The Morgan fingerprint density at radius 1 is 0.815 bits per heavy atom. The summed E-state index contributed by atoms with van der Waals surface area (Å²) in [6.07, 6.45) is 0. The number of anilines is 2. The Kier molecular flexibility index (Phi) is 6.09. The second-order valence-corrected chi connectivity index (χ2v) is 7.26. The molecule has 0 unspecified atom stereocenters. The molecular formula is C23H21BrN2S. The van der Waals surface area contributed by atoms with E-state index in [0.717, 1.165) is 16.5 Å². The lowest BCUT2D eigenvalue weighted by Crippen LogP contribution is -3.00. The van der Waals surface area contributed by atoms with Gasteiger partial charge in [0, 0.05) is 10.9 Å². The van der Waals surface area contributed by atoms with Gasteiger partial charge in [0.25, 0.3) is 0 Å². The van der Waals surface area contributed by atoms with Gasteiger partial charge in [-0.2, -0.15) is 4.57 Å². The van der Waals surface area contributed by atoms with Crippen LogP contribution in [-0.2, 0) is 0 Å². The summed E-state index contributed by atoms with van der Waals surface area (Å²) in [5, 5.41) is 6.90. The second-order valence-electron chi connectivity index (χ2n) is 6.41. The molecule has 0 saturated carbocycles. The monoisotopic (exact) mass is 436 g/mol. The lowest BCUT2D eigenvalue weighted by molar-refractivity contribution is -0.563. The molecule has 27 heavy (non-hydrogen) atoms. The summed E-state index contributed by atoms with van der Waals surface area (Å²) in [6, 6.07) is 27.5. The standard InChI is InChI=1S/C23H20N2S.BrH/c1-17-13-14-21(18(2)15-17)22-16-26-23(24-19-9-5-3-6-10-19)25(22)20-11-7-4-8-12-20;/h3-16H,1-2H3;1H. The van der Waals surface area contributed by atoms with Crippen molar-refractivity contribution in [3.05, 3.63) is 95.4 Å². The van der Waals surface area contributed by atoms with E-state index in [-0.39, 0.29) is 17.0 Å². The number of hydrogen-bond acceptors (Lipinski definition) is 2. The van der Waals surface area contributed by atoms with Crippen molar-refractivity contribution in [1.29, 1.82) is 0 Å². The number of rotatable bonds is 4. The fourth-order valence-corrected chi connectivity index (χ4v) is 4.12. The predicted molar refractivity (Wildman–Crippen MR) is 110 cm³/mol. The van der Waals surface area contributed by atoms with E-state index >= 15 is 0 Å². The first-order chi connectivity index (χ1) is 12.7. The molecule has 0 radical (unpaired) electrons. The lowest BCUT2D eigenvalue weighted by Gasteiger charge is -2.09. The van der Waals surface area contributed by atoms with Crippen LogP contribution in [0.1, 0.15) is 11.1 Å². The number of thiazole rings is 1. The van der Waals surface area contributed by atoms with Crippen LogP contribution in [0.4, 0.5) is 10.8 Å². The average Bonchev–Trinajstić information content (AvgIpc) is 3.06. The highest BCUT2D eigenvalue weighted by Gasteiger charge is 2.22. The van der Waals surface area contributed by atoms with Gasteiger partial charge in [0.2, 0.25) is 0 Å². The SMILES string of the molecule is Cc1ccc(-c2csc(Nc3ccccc3)[n+]2-c2ccccc2)c(C)c1.[Br-]. The van der Waals surface area contributed by atoms with Gasteiger partial charge in [-0.3, -0.25) is 0 Å². The van der Waals surface area contributed by atoms with E-state index in [1.54, 1.807) is 11.3 Å². The van der Waals surface area contributed by atoms with E-state index in [2.05, 4.69) is 89.8 Å². The lowest BCUT2D eigenvalue weighted by atomic mass is 10.0. The van der Waals surface area contributed by atoms with E-state index < -0.39 is 0 Å². The zero-order chi connectivity index (χ0) is 17.9. The molecule has 4 aromatic rings. The van der Waals surface area contributed by atoms with Crippen LogP contribution in [0.5, 0.6) is 0 Å². The zero-order valence-electron chi connectivity index (χ0n) is 15.3. The molecule has 0 aliphatic rings. The van der Waals surface area contributed by atoms with Gasteiger partial charge in [0.1, 0.15) is 11.4 Å². The summed E-state index contributed by atoms with van der Waals surface area (Å²) in [5.41, 5.74) is 7.29. The van der Waals surface area contributed by atoms with Gasteiger partial charge in [0.15, 0.2) is 5.69 Å². The first-order valence-corrected chi connectivity index (χ1v) is 9.59. The molecule has 1 aromatic heterocycles. The number of halogens is 1. The predicted octanol–water partition coefficient (Wildman–Crippen LogP) is 3.06. The first kappa shape index (κ1) is 19.3. The minimum absolute atomic E-state index is 0. The number of nitrogens with zero attached hydrogens (tertiary/aromatic N) is 1. The van der Waals surface area contributed by atoms with Crippen molar-refractivity contribution >= 4 is 22.2 Å². The van der Waals surface area contributed by atoms with Crippen molar-refractivity contribution in [2.45, 2.75) is 13.8 Å². The van der Waals surface area contributed by atoms with Gasteiger partial charge in [0.05, 0.1) is 0 Å². The summed E-state index contributed by atoms with van der Waals surface area (Å²) in [4.78, 5) is 0. The molecule has 0 saturated heterocycles. The molecule has 0 aliphatic carbocycles. The Labute approximate surface area is 174 Å². The van der Waals surface area contributed by atoms with Crippen molar-refractivity contribution in [3.8, 4) is 16.9 Å². The fraction of sp³-hybridized carbons (Fsp3) is 0.0870. The maximum Gasteiger partial charge on any atom is 0.344 e.